The lowest BCUT2D eigenvalue weighted by Crippen LogP contribution is -2.40. The quantitative estimate of drug-likeness (QED) is 0.864. The van der Waals surface area contributed by atoms with Crippen LogP contribution in [0.25, 0.3) is 0 Å². The minimum Gasteiger partial charge on any atom is -0.491 e. The van der Waals surface area contributed by atoms with Gasteiger partial charge in [0.05, 0.1) is 12.6 Å². The third kappa shape index (κ3) is 3.50. The maximum Gasteiger partial charge on any atom is 0.255 e. The highest BCUT2D eigenvalue weighted by Gasteiger charge is 2.33. The van der Waals surface area contributed by atoms with Gasteiger partial charge in [0.2, 0.25) is 0 Å². The van der Waals surface area contributed by atoms with Gasteiger partial charge in [-0.05, 0) is 49.8 Å². The van der Waals surface area contributed by atoms with Crippen molar-refractivity contribution >= 4 is 5.91 Å². The molecule has 0 saturated heterocycles. The summed E-state index contributed by atoms with van der Waals surface area (Å²) in [6.45, 7) is 5.47. The average Bonchev–Trinajstić information content (AvgIpc) is 3.05. The predicted molar refractivity (Wildman–Crippen MR) is 104 cm³/mol. The zero-order valence-corrected chi connectivity index (χ0v) is 15.9. The molecule has 1 atom stereocenters. The fourth-order valence-corrected chi connectivity index (χ4v) is 3.51. The van der Waals surface area contributed by atoms with E-state index in [9.17, 15) is 9.18 Å². The fourth-order valence-electron chi connectivity index (χ4n) is 3.51. The summed E-state index contributed by atoms with van der Waals surface area (Å²) >= 11 is 0. The second-order valence-corrected chi connectivity index (χ2v) is 7.06. The van der Waals surface area contributed by atoms with Gasteiger partial charge in [-0.3, -0.25) is 9.78 Å². The average molecular weight is 379 g/mol. The number of carbonyl (C=O) groups is 1. The number of hydrogen-bond acceptors (Lipinski definition) is 4. The number of rotatable bonds is 5. The molecule has 2 aliphatic heterocycles. The molecule has 144 valence electrons. The molecule has 4 rings (SSSR count). The molecule has 1 aromatic carbocycles. The molecule has 1 aromatic heterocycles. The molecule has 6 heteroatoms. The number of aromatic nitrogens is 1. The van der Waals surface area contributed by atoms with Crippen LogP contribution >= 0.6 is 0 Å². The van der Waals surface area contributed by atoms with Gasteiger partial charge in [-0.15, -0.1) is 0 Å². The molecule has 2 aromatic rings. The van der Waals surface area contributed by atoms with E-state index in [0.29, 0.717) is 19.7 Å². The van der Waals surface area contributed by atoms with Crippen LogP contribution in [0.1, 0.15) is 34.1 Å². The molecule has 0 bridgehead atoms. The first kappa shape index (κ1) is 18.2. The summed E-state index contributed by atoms with van der Waals surface area (Å²) in [6, 6.07) is 7.99. The summed E-state index contributed by atoms with van der Waals surface area (Å²) in [5, 5.41) is 3.35. The van der Waals surface area contributed by atoms with Crippen molar-refractivity contribution in [3.8, 4) is 0 Å². The number of halogens is 1. The first-order valence-electron chi connectivity index (χ1n) is 9.30. The van der Waals surface area contributed by atoms with Crippen molar-refractivity contribution in [2.45, 2.75) is 33.0 Å². The molecule has 1 amide bonds. The molecule has 5 nitrogen and oxygen atoms in total. The first-order valence-corrected chi connectivity index (χ1v) is 9.30. The van der Waals surface area contributed by atoms with Crippen molar-refractivity contribution in [3.05, 3.63) is 88.3 Å². The molecule has 0 saturated carbocycles. The number of allylic oxidation sites excluding steroid dienone is 2. The number of hydrogen-bond donors (Lipinski definition) is 1. The van der Waals surface area contributed by atoms with E-state index in [-0.39, 0.29) is 17.8 Å². The Morgan fingerprint density at radius 1 is 1.25 bits per heavy atom. The second-order valence-electron chi connectivity index (χ2n) is 7.06. The highest BCUT2D eigenvalue weighted by Crippen LogP contribution is 2.28. The van der Waals surface area contributed by atoms with E-state index in [1.54, 1.807) is 24.4 Å². The molecule has 1 unspecified atom stereocenters. The molecule has 2 aliphatic rings. The highest BCUT2D eigenvalue weighted by atomic mass is 19.1. The van der Waals surface area contributed by atoms with Crippen LogP contribution in [0.3, 0.4) is 0 Å². The van der Waals surface area contributed by atoms with Crippen molar-refractivity contribution in [1.82, 2.24) is 15.2 Å². The summed E-state index contributed by atoms with van der Waals surface area (Å²) in [7, 11) is 0. The number of ether oxygens (including phenoxy) is 1. The van der Waals surface area contributed by atoms with Gasteiger partial charge < -0.3 is 15.0 Å². The van der Waals surface area contributed by atoms with Gasteiger partial charge in [0, 0.05) is 35.3 Å². The number of nitrogens with zero attached hydrogens (tertiary/aromatic N) is 2. The molecule has 1 N–H and O–H groups in total. The maximum atomic E-state index is 13.0. The van der Waals surface area contributed by atoms with Gasteiger partial charge in [0.15, 0.2) is 0 Å². The van der Waals surface area contributed by atoms with Gasteiger partial charge in [-0.25, -0.2) is 4.39 Å². The van der Waals surface area contributed by atoms with E-state index in [4.69, 9.17) is 4.74 Å². The van der Waals surface area contributed by atoms with Crippen LogP contribution in [0.2, 0.25) is 0 Å². The molecule has 0 aliphatic carbocycles. The zero-order chi connectivity index (χ0) is 19.7. The summed E-state index contributed by atoms with van der Waals surface area (Å²) in [4.78, 5) is 18.9. The Balaban J connectivity index is 1.41. The van der Waals surface area contributed by atoms with Gasteiger partial charge in [0.1, 0.15) is 18.2 Å². The monoisotopic (exact) mass is 379 g/mol. The molecular formula is C22H22FN3O2. The predicted octanol–water partition coefficient (Wildman–Crippen LogP) is 3.46. The Labute approximate surface area is 163 Å². The van der Waals surface area contributed by atoms with Crippen molar-refractivity contribution in [3.63, 3.8) is 0 Å². The minimum absolute atomic E-state index is 0.0398. The fraction of sp³-hybridized carbons (Fsp3) is 0.273. The number of benzene rings is 1. The lowest BCUT2D eigenvalue weighted by molar-refractivity contribution is 0.0736. The van der Waals surface area contributed by atoms with Gasteiger partial charge in [0.25, 0.3) is 5.91 Å². The van der Waals surface area contributed by atoms with Crippen molar-refractivity contribution < 1.29 is 13.9 Å². The molecule has 28 heavy (non-hydrogen) atoms. The third-order valence-corrected chi connectivity index (χ3v) is 5.26. The van der Waals surface area contributed by atoms with E-state index in [1.807, 2.05) is 30.9 Å². The summed E-state index contributed by atoms with van der Waals surface area (Å²) in [6.07, 6.45) is 5.56. The van der Waals surface area contributed by atoms with Crippen molar-refractivity contribution in [2.24, 2.45) is 0 Å². The molecule has 0 spiro atoms. The standard InChI is InChI=1S/C22H22FN3O2/c1-14-20-12-26(22(27)19(20)9-10-24-14)15(2)21-8-7-18(11-25-21)28-13-16-3-5-17(23)6-4-16/h3-10,15,25H,11-13H2,1-2H3. The van der Waals surface area contributed by atoms with Crippen molar-refractivity contribution in [2.75, 3.05) is 6.54 Å². The molecular weight excluding hydrogens is 357 g/mol. The van der Waals surface area contributed by atoms with E-state index in [0.717, 1.165) is 33.8 Å². The Morgan fingerprint density at radius 3 is 2.71 bits per heavy atom. The smallest absolute Gasteiger partial charge is 0.255 e. The van der Waals surface area contributed by atoms with Gasteiger partial charge >= 0.3 is 0 Å². The molecule has 0 fully saturated rings. The lowest BCUT2D eigenvalue weighted by Gasteiger charge is -2.29. The number of dihydropyridines is 1. The number of pyridine rings is 1. The Kier molecular flexibility index (Phi) is 4.86. The Morgan fingerprint density at radius 2 is 2.04 bits per heavy atom. The Bertz CT molecular complexity index is 966. The van der Waals surface area contributed by atoms with Crippen LogP contribution < -0.4 is 5.32 Å². The number of amides is 1. The van der Waals surface area contributed by atoms with Crippen LogP contribution in [-0.2, 0) is 17.9 Å². The second kappa shape index (κ2) is 7.46. The number of aryl methyl sites for hydroxylation is 1. The van der Waals surface area contributed by atoms with E-state index in [1.165, 1.54) is 12.1 Å². The normalized spacial score (nSPS) is 16.8. The first-order chi connectivity index (χ1) is 13.5. The van der Waals surface area contributed by atoms with Gasteiger partial charge in [-0.1, -0.05) is 12.1 Å². The van der Waals surface area contributed by atoms with Crippen LogP contribution in [0.5, 0.6) is 0 Å². The molecule has 0 radical (unpaired) electrons. The topological polar surface area (TPSA) is 54.5 Å². The lowest BCUT2D eigenvalue weighted by atomic mass is 10.1. The number of nitrogens with one attached hydrogen (secondary N) is 1. The summed E-state index contributed by atoms with van der Waals surface area (Å²) in [5.74, 6) is 0.586. The van der Waals surface area contributed by atoms with Crippen LogP contribution in [0, 0.1) is 12.7 Å². The van der Waals surface area contributed by atoms with E-state index >= 15 is 0 Å². The zero-order valence-electron chi connectivity index (χ0n) is 15.9. The third-order valence-electron chi connectivity index (χ3n) is 5.26. The summed E-state index contributed by atoms with van der Waals surface area (Å²) < 4.78 is 18.8. The number of carbonyl (C=O) groups excluding carboxylic acids is 1. The SMILES string of the molecule is Cc1nccc2c1CN(C(C)C1=CC=C(OCc3ccc(F)cc3)CN1)C2=O. The van der Waals surface area contributed by atoms with Gasteiger partial charge in [-0.2, -0.15) is 0 Å². The number of fused-ring (bicyclic) bond motifs is 1. The Hall–Kier alpha value is -3.15. The maximum absolute atomic E-state index is 13.0. The summed E-state index contributed by atoms with van der Waals surface area (Å²) in [5.41, 5.74) is 4.54. The minimum atomic E-state index is -0.256. The van der Waals surface area contributed by atoms with Crippen LogP contribution in [-0.4, -0.2) is 28.4 Å². The molecule has 3 heterocycles. The van der Waals surface area contributed by atoms with E-state index < -0.39 is 0 Å². The van der Waals surface area contributed by atoms with Crippen LogP contribution in [0.4, 0.5) is 4.39 Å². The van der Waals surface area contributed by atoms with E-state index in [2.05, 4.69) is 10.3 Å². The largest absolute Gasteiger partial charge is 0.491 e. The van der Waals surface area contributed by atoms with Crippen molar-refractivity contribution in [1.29, 1.82) is 0 Å². The highest BCUT2D eigenvalue weighted by molar-refractivity contribution is 5.98. The van der Waals surface area contributed by atoms with Crippen LogP contribution in [0.15, 0.2) is 60.1 Å².